The summed E-state index contributed by atoms with van der Waals surface area (Å²) >= 11 is 0. The van der Waals surface area contributed by atoms with Crippen LogP contribution in [0, 0.1) is 5.92 Å². The lowest BCUT2D eigenvalue weighted by Crippen LogP contribution is -2.33. The van der Waals surface area contributed by atoms with Gasteiger partial charge in [-0.15, -0.1) is 0 Å². The molecule has 0 radical (unpaired) electrons. The molecule has 4 heteroatoms. The average molecular weight is 201 g/mol. The van der Waals surface area contributed by atoms with Crippen LogP contribution in [-0.2, 0) is 9.53 Å². The number of carbonyl (C=O) groups is 1. The molecule has 1 saturated heterocycles. The van der Waals surface area contributed by atoms with Gasteiger partial charge in [0.05, 0.1) is 12.2 Å². The van der Waals surface area contributed by atoms with E-state index in [4.69, 9.17) is 4.74 Å². The van der Waals surface area contributed by atoms with Gasteiger partial charge in [0.25, 0.3) is 0 Å². The van der Waals surface area contributed by atoms with Crippen molar-refractivity contribution in [2.45, 2.75) is 33.0 Å². The third kappa shape index (κ3) is 2.96. The minimum atomic E-state index is -0.377. The van der Waals surface area contributed by atoms with Crippen LogP contribution in [0.15, 0.2) is 0 Å². The van der Waals surface area contributed by atoms with E-state index >= 15 is 0 Å². The van der Waals surface area contributed by atoms with Crippen LogP contribution in [0.5, 0.6) is 0 Å². The molecule has 1 heterocycles. The molecule has 0 saturated carbocycles. The zero-order valence-electron chi connectivity index (χ0n) is 9.06. The molecule has 2 atom stereocenters. The van der Waals surface area contributed by atoms with Crippen molar-refractivity contribution in [3.05, 3.63) is 0 Å². The zero-order valence-corrected chi connectivity index (χ0v) is 9.06. The molecule has 0 aromatic carbocycles. The van der Waals surface area contributed by atoms with Gasteiger partial charge >= 0.3 is 0 Å². The number of aliphatic hydroxyl groups excluding tert-OH is 1. The van der Waals surface area contributed by atoms with Crippen LogP contribution in [-0.4, -0.2) is 47.8 Å². The number of hydrogen-bond donors (Lipinski definition) is 1. The van der Waals surface area contributed by atoms with Crippen molar-refractivity contribution in [1.82, 2.24) is 4.90 Å². The molecule has 0 aromatic heterocycles. The second-order valence-electron chi connectivity index (χ2n) is 4.20. The van der Waals surface area contributed by atoms with Crippen LogP contribution in [0.25, 0.3) is 0 Å². The van der Waals surface area contributed by atoms with Gasteiger partial charge in [-0.2, -0.15) is 0 Å². The van der Waals surface area contributed by atoms with Gasteiger partial charge in [-0.25, -0.2) is 0 Å². The first-order chi connectivity index (χ1) is 6.50. The first kappa shape index (κ1) is 11.5. The molecular formula is C10H19NO3. The summed E-state index contributed by atoms with van der Waals surface area (Å²) in [4.78, 5) is 13.2. The Morgan fingerprint density at radius 3 is 2.64 bits per heavy atom. The smallest absolute Gasteiger partial charge is 0.248 e. The molecular weight excluding hydrogens is 182 g/mol. The second kappa shape index (κ2) is 4.75. The van der Waals surface area contributed by atoms with Crippen LogP contribution < -0.4 is 0 Å². The molecule has 4 nitrogen and oxygen atoms in total. The van der Waals surface area contributed by atoms with Gasteiger partial charge < -0.3 is 14.7 Å². The quantitative estimate of drug-likeness (QED) is 0.712. The van der Waals surface area contributed by atoms with Crippen LogP contribution in [0.4, 0.5) is 0 Å². The fourth-order valence-corrected chi connectivity index (χ4v) is 1.48. The summed E-state index contributed by atoms with van der Waals surface area (Å²) in [5, 5.41) is 9.46. The van der Waals surface area contributed by atoms with Crippen molar-refractivity contribution in [2.75, 3.05) is 19.7 Å². The number of nitrogens with zero attached hydrogens (tertiary/aromatic N) is 1. The highest BCUT2D eigenvalue weighted by Gasteiger charge is 2.30. The fourth-order valence-electron chi connectivity index (χ4n) is 1.48. The second-order valence-corrected chi connectivity index (χ2v) is 4.20. The molecule has 0 spiro atoms. The summed E-state index contributed by atoms with van der Waals surface area (Å²) in [6, 6.07) is 0. The Balaban J connectivity index is 2.32. The number of likely N-dealkylation sites (tertiary alicyclic amines) is 1. The molecule has 0 unspecified atom stereocenters. The van der Waals surface area contributed by atoms with E-state index in [0.717, 1.165) is 0 Å². The Labute approximate surface area is 84.8 Å². The maximum absolute atomic E-state index is 11.5. The van der Waals surface area contributed by atoms with E-state index in [1.54, 1.807) is 4.90 Å². The van der Waals surface area contributed by atoms with Crippen molar-refractivity contribution in [2.24, 2.45) is 5.92 Å². The van der Waals surface area contributed by atoms with Crippen LogP contribution in [0.1, 0.15) is 20.8 Å². The third-order valence-corrected chi connectivity index (χ3v) is 2.47. The van der Waals surface area contributed by atoms with E-state index in [9.17, 15) is 9.90 Å². The first-order valence-electron chi connectivity index (χ1n) is 5.08. The molecule has 82 valence electrons. The standard InChI is InChI=1S/C10H19NO3/c1-7(2)14-6-10(13)11-4-8(3)9(12)5-11/h7-9,12H,4-6H2,1-3H3/t8-,9-/m0/s1. The van der Waals surface area contributed by atoms with Crippen LogP contribution >= 0.6 is 0 Å². The maximum atomic E-state index is 11.5. The number of amides is 1. The third-order valence-electron chi connectivity index (χ3n) is 2.47. The van der Waals surface area contributed by atoms with Gasteiger partial charge in [0.2, 0.25) is 5.91 Å². The van der Waals surface area contributed by atoms with Gasteiger partial charge in [-0.05, 0) is 13.8 Å². The summed E-state index contributed by atoms with van der Waals surface area (Å²) in [6.45, 7) is 6.95. The topological polar surface area (TPSA) is 49.8 Å². The Kier molecular flexibility index (Phi) is 3.89. The van der Waals surface area contributed by atoms with Crippen molar-refractivity contribution >= 4 is 5.91 Å². The van der Waals surface area contributed by atoms with E-state index in [0.29, 0.717) is 13.1 Å². The predicted molar refractivity (Wildman–Crippen MR) is 52.8 cm³/mol. The Hall–Kier alpha value is -0.610. The minimum absolute atomic E-state index is 0.0258. The molecule has 0 aromatic rings. The minimum Gasteiger partial charge on any atom is -0.391 e. The highest BCUT2D eigenvalue weighted by Crippen LogP contribution is 2.16. The highest BCUT2D eigenvalue weighted by atomic mass is 16.5. The van der Waals surface area contributed by atoms with Gasteiger partial charge in [0.15, 0.2) is 0 Å². The van der Waals surface area contributed by atoms with Crippen molar-refractivity contribution in [3.63, 3.8) is 0 Å². The van der Waals surface area contributed by atoms with Gasteiger partial charge in [0.1, 0.15) is 6.61 Å². The lowest BCUT2D eigenvalue weighted by atomic mass is 10.1. The van der Waals surface area contributed by atoms with Crippen LogP contribution in [0.2, 0.25) is 0 Å². The lowest BCUT2D eigenvalue weighted by Gasteiger charge is -2.16. The SMILES string of the molecule is CC(C)OCC(=O)N1C[C@H](C)[C@@H](O)C1. The number of hydrogen-bond acceptors (Lipinski definition) is 3. The lowest BCUT2D eigenvalue weighted by molar-refractivity contribution is -0.136. The molecule has 1 N–H and O–H groups in total. The first-order valence-corrected chi connectivity index (χ1v) is 5.08. The summed E-state index contributed by atoms with van der Waals surface area (Å²) in [5.74, 6) is 0.153. The molecule has 1 aliphatic rings. The monoisotopic (exact) mass is 201 g/mol. The number of β-amino-alcohol motifs (C(OH)–C–C–N with tert-alkyl or cyclic N) is 1. The molecule has 1 aliphatic heterocycles. The molecule has 0 bridgehead atoms. The number of rotatable bonds is 3. The Bertz CT molecular complexity index is 196. The number of ether oxygens (including phenoxy) is 1. The van der Waals surface area contributed by atoms with Gasteiger partial charge in [0, 0.05) is 19.0 Å². The zero-order chi connectivity index (χ0) is 10.7. The molecule has 14 heavy (non-hydrogen) atoms. The Morgan fingerprint density at radius 1 is 1.57 bits per heavy atom. The summed E-state index contributed by atoms with van der Waals surface area (Å²) in [5.41, 5.74) is 0. The van der Waals surface area contributed by atoms with Crippen molar-refractivity contribution in [1.29, 1.82) is 0 Å². The molecule has 1 fully saturated rings. The maximum Gasteiger partial charge on any atom is 0.248 e. The average Bonchev–Trinajstić information content (AvgIpc) is 2.43. The fraction of sp³-hybridized carbons (Fsp3) is 0.900. The number of aliphatic hydroxyl groups is 1. The van der Waals surface area contributed by atoms with E-state index in [-0.39, 0.29) is 30.6 Å². The normalized spacial score (nSPS) is 27.4. The summed E-state index contributed by atoms with van der Waals surface area (Å²) in [7, 11) is 0. The molecule has 1 amide bonds. The molecule has 0 aliphatic carbocycles. The molecule has 1 rings (SSSR count). The highest BCUT2D eigenvalue weighted by molar-refractivity contribution is 5.77. The van der Waals surface area contributed by atoms with Gasteiger partial charge in [-0.3, -0.25) is 4.79 Å². The van der Waals surface area contributed by atoms with Crippen molar-refractivity contribution in [3.8, 4) is 0 Å². The predicted octanol–water partition coefficient (Wildman–Crippen LogP) is 0.251. The van der Waals surface area contributed by atoms with E-state index in [2.05, 4.69) is 0 Å². The van der Waals surface area contributed by atoms with Crippen molar-refractivity contribution < 1.29 is 14.6 Å². The summed E-state index contributed by atoms with van der Waals surface area (Å²) in [6.07, 6.45) is -0.304. The van der Waals surface area contributed by atoms with Gasteiger partial charge in [-0.1, -0.05) is 6.92 Å². The number of carbonyl (C=O) groups excluding carboxylic acids is 1. The summed E-state index contributed by atoms with van der Waals surface area (Å²) < 4.78 is 5.21. The van der Waals surface area contributed by atoms with Crippen LogP contribution in [0.3, 0.4) is 0 Å². The largest absolute Gasteiger partial charge is 0.391 e. The van der Waals surface area contributed by atoms with E-state index in [1.165, 1.54) is 0 Å². The Morgan fingerprint density at radius 2 is 2.21 bits per heavy atom. The van der Waals surface area contributed by atoms with E-state index in [1.807, 2.05) is 20.8 Å². The van der Waals surface area contributed by atoms with E-state index < -0.39 is 0 Å².